The molecule has 6 nitrogen and oxygen atoms in total. The molecule has 0 radical (unpaired) electrons. The average molecular weight is 434 g/mol. The number of methoxy groups -OCH3 is 1. The SMILES string of the molecule is COc1cccc(NC(=O)C(OC(=O)COc2ccccc2C(C)C)c2ccccc2)c1. The molecule has 0 spiro atoms. The number of nitrogens with one attached hydrogen (secondary N) is 1. The van der Waals surface area contributed by atoms with Crippen LogP contribution in [-0.4, -0.2) is 25.6 Å². The second-order valence-corrected chi connectivity index (χ2v) is 7.48. The number of hydrogen-bond acceptors (Lipinski definition) is 5. The maximum absolute atomic E-state index is 13.0. The molecule has 166 valence electrons. The van der Waals surface area contributed by atoms with Gasteiger partial charge >= 0.3 is 5.97 Å². The van der Waals surface area contributed by atoms with Gasteiger partial charge in [0.1, 0.15) is 11.5 Å². The summed E-state index contributed by atoms with van der Waals surface area (Å²) in [5.41, 5.74) is 2.09. The van der Waals surface area contributed by atoms with Gasteiger partial charge in [-0.25, -0.2) is 4.79 Å². The summed E-state index contributed by atoms with van der Waals surface area (Å²) in [7, 11) is 1.55. The fourth-order valence-corrected chi connectivity index (χ4v) is 3.20. The van der Waals surface area contributed by atoms with Gasteiger partial charge in [-0.1, -0.05) is 68.4 Å². The highest BCUT2D eigenvalue weighted by Gasteiger charge is 2.25. The molecule has 0 heterocycles. The van der Waals surface area contributed by atoms with Crippen LogP contribution in [0.2, 0.25) is 0 Å². The minimum Gasteiger partial charge on any atom is -0.497 e. The molecule has 1 N–H and O–H groups in total. The van der Waals surface area contributed by atoms with Gasteiger partial charge in [0.15, 0.2) is 6.61 Å². The predicted octanol–water partition coefficient (Wildman–Crippen LogP) is 5.12. The first-order valence-electron chi connectivity index (χ1n) is 10.4. The number of rotatable bonds is 9. The molecule has 32 heavy (non-hydrogen) atoms. The second-order valence-electron chi connectivity index (χ2n) is 7.48. The van der Waals surface area contributed by atoms with Gasteiger partial charge in [0.05, 0.1) is 7.11 Å². The number of carbonyl (C=O) groups is 2. The van der Waals surface area contributed by atoms with E-state index in [1.807, 2.05) is 30.3 Å². The van der Waals surface area contributed by atoms with Crippen LogP contribution in [0.4, 0.5) is 5.69 Å². The van der Waals surface area contributed by atoms with Gasteiger partial charge in [0.2, 0.25) is 6.10 Å². The zero-order valence-electron chi connectivity index (χ0n) is 18.4. The number of amides is 1. The van der Waals surface area contributed by atoms with E-state index in [9.17, 15) is 9.59 Å². The Morgan fingerprint density at radius 1 is 0.906 bits per heavy atom. The Kier molecular flexibility index (Phi) is 7.86. The van der Waals surface area contributed by atoms with Crippen molar-refractivity contribution in [3.05, 3.63) is 90.0 Å². The van der Waals surface area contributed by atoms with Gasteiger partial charge in [-0.3, -0.25) is 4.79 Å². The van der Waals surface area contributed by atoms with E-state index >= 15 is 0 Å². The van der Waals surface area contributed by atoms with Crippen molar-refractivity contribution in [3.8, 4) is 11.5 Å². The Bertz CT molecular complexity index is 1050. The summed E-state index contributed by atoms with van der Waals surface area (Å²) in [5.74, 6) is 0.358. The van der Waals surface area contributed by atoms with E-state index in [0.29, 0.717) is 22.7 Å². The third kappa shape index (κ3) is 6.11. The molecule has 0 saturated heterocycles. The van der Waals surface area contributed by atoms with Crippen molar-refractivity contribution in [3.63, 3.8) is 0 Å². The Hall–Kier alpha value is -3.80. The highest BCUT2D eigenvalue weighted by atomic mass is 16.6. The maximum Gasteiger partial charge on any atom is 0.345 e. The van der Waals surface area contributed by atoms with Crippen molar-refractivity contribution in [2.24, 2.45) is 0 Å². The van der Waals surface area contributed by atoms with E-state index in [2.05, 4.69) is 19.2 Å². The van der Waals surface area contributed by atoms with Crippen LogP contribution in [0.15, 0.2) is 78.9 Å². The number of anilines is 1. The van der Waals surface area contributed by atoms with Crippen LogP contribution in [-0.2, 0) is 14.3 Å². The molecule has 0 aromatic heterocycles. The summed E-state index contributed by atoms with van der Waals surface area (Å²) in [6.45, 7) is 3.79. The summed E-state index contributed by atoms with van der Waals surface area (Å²) in [4.78, 5) is 25.6. The lowest BCUT2D eigenvalue weighted by atomic mass is 10.0. The lowest BCUT2D eigenvalue weighted by molar-refractivity contribution is -0.156. The average Bonchev–Trinajstić information content (AvgIpc) is 2.82. The minimum absolute atomic E-state index is 0.243. The van der Waals surface area contributed by atoms with Gasteiger partial charge in [0.25, 0.3) is 5.91 Å². The Morgan fingerprint density at radius 3 is 2.34 bits per heavy atom. The maximum atomic E-state index is 13.0. The first-order chi connectivity index (χ1) is 15.5. The van der Waals surface area contributed by atoms with Crippen LogP contribution < -0.4 is 14.8 Å². The molecule has 0 aliphatic carbocycles. The highest BCUT2D eigenvalue weighted by Crippen LogP contribution is 2.26. The zero-order chi connectivity index (χ0) is 22.9. The summed E-state index contributed by atoms with van der Waals surface area (Å²) in [5, 5.41) is 2.78. The predicted molar refractivity (Wildman–Crippen MR) is 123 cm³/mol. The van der Waals surface area contributed by atoms with Gasteiger partial charge in [-0.2, -0.15) is 0 Å². The van der Waals surface area contributed by atoms with Crippen LogP contribution >= 0.6 is 0 Å². The highest BCUT2D eigenvalue weighted by molar-refractivity contribution is 5.96. The normalized spacial score (nSPS) is 11.5. The number of ether oxygens (including phenoxy) is 3. The summed E-state index contributed by atoms with van der Waals surface area (Å²) < 4.78 is 16.4. The van der Waals surface area contributed by atoms with E-state index < -0.39 is 18.0 Å². The molecule has 0 saturated carbocycles. The molecule has 1 atom stereocenters. The quantitative estimate of drug-likeness (QED) is 0.474. The molecule has 3 rings (SSSR count). The third-order valence-corrected chi connectivity index (χ3v) is 4.81. The smallest absolute Gasteiger partial charge is 0.345 e. The number of hydrogen-bond donors (Lipinski definition) is 1. The van der Waals surface area contributed by atoms with Gasteiger partial charge in [0, 0.05) is 17.3 Å². The Labute approximate surface area is 188 Å². The van der Waals surface area contributed by atoms with Crippen molar-refractivity contribution >= 4 is 17.6 Å². The summed E-state index contributed by atoms with van der Waals surface area (Å²) in [6.07, 6.45) is -1.13. The molecule has 1 unspecified atom stereocenters. The van der Waals surface area contributed by atoms with Crippen LogP contribution in [0.25, 0.3) is 0 Å². The molecular weight excluding hydrogens is 406 g/mol. The Balaban J connectivity index is 1.72. The fourth-order valence-electron chi connectivity index (χ4n) is 3.20. The molecule has 0 bridgehead atoms. The first-order valence-corrected chi connectivity index (χ1v) is 10.4. The van der Waals surface area contributed by atoms with E-state index in [1.165, 1.54) is 0 Å². The zero-order valence-corrected chi connectivity index (χ0v) is 18.4. The minimum atomic E-state index is -1.13. The van der Waals surface area contributed by atoms with Gasteiger partial charge in [-0.05, 0) is 29.7 Å². The van der Waals surface area contributed by atoms with E-state index in [-0.39, 0.29) is 12.5 Å². The molecule has 0 aliphatic heterocycles. The van der Waals surface area contributed by atoms with Crippen LogP contribution in [0.1, 0.15) is 37.0 Å². The lowest BCUT2D eigenvalue weighted by Crippen LogP contribution is -2.28. The molecule has 0 fully saturated rings. The topological polar surface area (TPSA) is 73.9 Å². The van der Waals surface area contributed by atoms with Crippen LogP contribution in [0.5, 0.6) is 11.5 Å². The number of para-hydroxylation sites is 1. The van der Waals surface area contributed by atoms with Crippen molar-refractivity contribution in [1.82, 2.24) is 0 Å². The summed E-state index contributed by atoms with van der Waals surface area (Å²) in [6, 6.07) is 23.4. The van der Waals surface area contributed by atoms with Crippen LogP contribution in [0, 0.1) is 0 Å². The molecular formula is C26H27NO5. The van der Waals surface area contributed by atoms with Crippen molar-refractivity contribution < 1.29 is 23.8 Å². The number of esters is 1. The number of carbonyl (C=O) groups excluding carboxylic acids is 2. The van der Waals surface area contributed by atoms with E-state index in [0.717, 1.165) is 5.56 Å². The Morgan fingerprint density at radius 2 is 1.62 bits per heavy atom. The van der Waals surface area contributed by atoms with E-state index in [1.54, 1.807) is 55.6 Å². The van der Waals surface area contributed by atoms with Crippen molar-refractivity contribution in [2.75, 3.05) is 19.0 Å². The van der Waals surface area contributed by atoms with Crippen LogP contribution in [0.3, 0.4) is 0 Å². The first kappa shape index (κ1) is 22.9. The molecule has 1 amide bonds. The molecule has 3 aromatic rings. The molecule has 3 aromatic carbocycles. The van der Waals surface area contributed by atoms with Crippen molar-refractivity contribution in [1.29, 1.82) is 0 Å². The number of benzene rings is 3. The van der Waals surface area contributed by atoms with Gasteiger partial charge in [-0.15, -0.1) is 0 Å². The molecule has 6 heteroatoms. The van der Waals surface area contributed by atoms with E-state index in [4.69, 9.17) is 14.2 Å². The monoisotopic (exact) mass is 433 g/mol. The fraction of sp³-hybridized carbons (Fsp3) is 0.231. The van der Waals surface area contributed by atoms with Crippen molar-refractivity contribution in [2.45, 2.75) is 25.9 Å². The second kappa shape index (κ2) is 11.0. The lowest BCUT2D eigenvalue weighted by Gasteiger charge is -2.19. The third-order valence-electron chi connectivity index (χ3n) is 4.81. The van der Waals surface area contributed by atoms with Gasteiger partial charge < -0.3 is 19.5 Å². The largest absolute Gasteiger partial charge is 0.497 e. The standard InChI is InChI=1S/C26H27NO5/c1-18(2)22-14-7-8-15-23(22)31-17-24(28)32-25(19-10-5-4-6-11-19)26(29)27-20-12-9-13-21(16-20)30-3/h4-16,18,25H,17H2,1-3H3,(H,27,29). The molecule has 0 aliphatic rings. The summed E-state index contributed by atoms with van der Waals surface area (Å²) >= 11 is 0.